The van der Waals surface area contributed by atoms with Crippen molar-refractivity contribution in [2.45, 2.75) is 65.6 Å². The molecule has 0 spiro atoms. The second-order valence-corrected chi connectivity index (χ2v) is 6.29. The Hall–Kier alpha value is -0.740. The zero-order chi connectivity index (χ0) is 13.8. The van der Waals surface area contributed by atoms with E-state index in [0.717, 1.165) is 25.7 Å². The molecule has 2 nitrogen and oxygen atoms in total. The predicted molar refractivity (Wildman–Crippen MR) is 67.3 cm³/mol. The summed E-state index contributed by atoms with van der Waals surface area (Å²) in [5.74, 6) is 0.216. The molecule has 1 aliphatic carbocycles. The van der Waals surface area contributed by atoms with E-state index in [1.807, 2.05) is 20.8 Å². The van der Waals surface area contributed by atoms with Crippen LogP contribution < -0.4 is 5.43 Å². The molecule has 1 rings (SSSR count). The number of hydrazone groups is 1. The molecule has 0 heterocycles. The number of hydrogen-bond acceptors (Lipinski definition) is 2. The summed E-state index contributed by atoms with van der Waals surface area (Å²) in [6.45, 7) is 6.08. The van der Waals surface area contributed by atoms with E-state index in [4.69, 9.17) is 0 Å². The van der Waals surface area contributed by atoms with Crippen LogP contribution in [0.4, 0.5) is 13.2 Å². The molecule has 1 saturated carbocycles. The van der Waals surface area contributed by atoms with Crippen LogP contribution in [0.3, 0.4) is 0 Å². The molecule has 5 heteroatoms. The molecule has 0 unspecified atom stereocenters. The van der Waals surface area contributed by atoms with E-state index in [9.17, 15) is 13.2 Å². The van der Waals surface area contributed by atoms with Crippen LogP contribution in [0.2, 0.25) is 0 Å². The fourth-order valence-electron chi connectivity index (χ4n) is 2.39. The van der Waals surface area contributed by atoms with Gasteiger partial charge in [0.1, 0.15) is 0 Å². The van der Waals surface area contributed by atoms with Crippen molar-refractivity contribution in [2.24, 2.45) is 16.4 Å². The van der Waals surface area contributed by atoms with E-state index in [1.165, 1.54) is 11.8 Å². The third kappa shape index (κ3) is 6.26. The highest BCUT2D eigenvalue weighted by atomic mass is 19.4. The number of rotatable bonds is 3. The zero-order valence-electron chi connectivity index (χ0n) is 11.4. The first-order chi connectivity index (χ1) is 8.17. The molecule has 0 saturated heterocycles. The van der Waals surface area contributed by atoms with Crippen LogP contribution in [0.25, 0.3) is 0 Å². The highest BCUT2D eigenvalue weighted by molar-refractivity contribution is 5.87. The zero-order valence-corrected chi connectivity index (χ0v) is 11.4. The molecule has 0 atom stereocenters. The van der Waals surface area contributed by atoms with Crippen LogP contribution in [-0.2, 0) is 0 Å². The maximum atomic E-state index is 12.2. The molecule has 0 amide bonds. The summed E-state index contributed by atoms with van der Waals surface area (Å²) in [5, 5.41) is 3.65. The molecule has 0 bridgehead atoms. The Morgan fingerprint density at radius 1 is 1.11 bits per heavy atom. The smallest absolute Gasteiger partial charge is 0.218 e. The molecule has 18 heavy (non-hydrogen) atoms. The van der Waals surface area contributed by atoms with Crippen LogP contribution in [0, 0.1) is 11.3 Å². The minimum atomic E-state index is -4.43. The molecule has 0 aromatic rings. The van der Waals surface area contributed by atoms with E-state index < -0.39 is 6.30 Å². The van der Waals surface area contributed by atoms with Gasteiger partial charge in [0.15, 0.2) is 0 Å². The lowest BCUT2D eigenvalue weighted by Crippen LogP contribution is -2.31. The van der Waals surface area contributed by atoms with Gasteiger partial charge in [-0.1, -0.05) is 40.0 Å². The molecule has 1 N–H and O–H groups in total. The Morgan fingerprint density at radius 2 is 1.67 bits per heavy atom. The van der Waals surface area contributed by atoms with Crippen LogP contribution >= 0.6 is 0 Å². The lowest BCUT2D eigenvalue weighted by molar-refractivity contribution is -0.156. The number of halogens is 3. The average Bonchev–Trinajstić information content (AvgIpc) is 2.23. The van der Waals surface area contributed by atoms with Crippen LogP contribution in [0.5, 0.6) is 0 Å². The third-order valence-corrected chi connectivity index (χ3v) is 3.11. The minimum Gasteiger partial charge on any atom is -0.218 e. The topological polar surface area (TPSA) is 24.4 Å². The molecular formula is C13H23F3N2. The summed E-state index contributed by atoms with van der Waals surface area (Å²) in [4.78, 5) is 0. The quantitative estimate of drug-likeness (QED) is 0.454. The van der Waals surface area contributed by atoms with E-state index in [0.29, 0.717) is 12.1 Å². The van der Waals surface area contributed by atoms with Gasteiger partial charge >= 0.3 is 6.30 Å². The van der Waals surface area contributed by atoms with Crippen molar-refractivity contribution in [3.8, 4) is 0 Å². The molecule has 106 valence electrons. The normalized spacial score (nSPS) is 20.0. The highest BCUT2D eigenvalue weighted by Gasteiger charge is 2.29. The molecule has 1 fully saturated rings. The van der Waals surface area contributed by atoms with Crippen LogP contribution in [-0.4, -0.2) is 12.0 Å². The molecule has 0 radical (unpaired) electrons. The van der Waals surface area contributed by atoms with Crippen LogP contribution in [0.1, 0.15) is 59.3 Å². The van der Waals surface area contributed by atoms with E-state index in [-0.39, 0.29) is 11.3 Å². The minimum absolute atomic E-state index is 0.0381. The Morgan fingerprint density at radius 3 is 2.11 bits per heavy atom. The average molecular weight is 264 g/mol. The number of alkyl halides is 3. The van der Waals surface area contributed by atoms with Gasteiger partial charge < -0.3 is 0 Å². The van der Waals surface area contributed by atoms with Gasteiger partial charge in [0, 0.05) is 5.71 Å². The SMILES string of the molecule is CC(C)(C)C/C(=N\NC(F)(F)F)C1CCCCC1. The van der Waals surface area contributed by atoms with Gasteiger partial charge in [-0.3, -0.25) is 0 Å². The third-order valence-electron chi connectivity index (χ3n) is 3.11. The number of hydrogen-bond donors (Lipinski definition) is 1. The van der Waals surface area contributed by atoms with Crippen molar-refractivity contribution >= 4 is 5.71 Å². The van der Waals surface area contributed by atoms with E-state index in [1.54, 1.807) is 0 Å². The van der Waals surface area contributed by atoms with Crippen molar-refractivity contribution in [1.82, 2.24) is 5.43 Å². The second kappa shape index (κ2) is 5.93. The predicted octanol–water partition coefficient (Wildman–Crippen LogP) is 4.47. The standard InChI is InChI=1S/C13H23F3N2/c1-12(2,3)9-11(17-18-13(14,15)16)10-7-5-4-6-8-10/h10,18H,4-9H2,1-3H3/b17-11+. The molecule has 1 aliphatic rings. The van der Waals surface area contributed by atoms with Gasteiger partial charge in [0.05, 0.1) is 0 Å². The van der Waals surface area contributed by atoms with Gasteiger partial charge in [0.25, 0.3) is 0 Å². The fourth-order valence-corrected chi connectivity index (χ4v) is 2.39. The van der Waals surface area contributed by atoms with E-state index >= 15 is 0 Å². The van der Waals surface area contributed by atoms with Crippen molar-refractivity contribution in [3.63, 3.8) is 0 Å². The van der Waals surface area contributed by atoms with E-state index in [2.05, 4.69) is 5.10 Å². The van der Waals surface area contributed by atoms with Crippen molar-refractivity contribution in [3.05, 3.63) is 0 Å². The summed E-state index contributed by atoms with van der Waals surface area (Å²) in [6.07, 6.45) is 1.49. The van der Waals surface area contributed by atoms with Gasteiger partial charge in [-0.2, -0.15) is 5.10 Å². The summed E-state index contributed by atoms with van der Waals surface area (Å²) < 4.78 is 36.6. The Labute approximate surface area is 107 Å². The maximum absolute atomic E-state index is 12.2. The van der Waals surface area contributed by atoms with Gasteiger partial charge in [-0.15, -0.1) is 13.2 Å². The number of nitrogens with one attached hydrogen (secondary N) is 1. The summed E-state index contributed by atoms with van der Waals surface area (Å²) in [7, 11) is 0. The van der Waals surface area contributed by atoms with Crippen LogP contribution in [0.15, 0.2) is 5.10 Å². The molecule has 0 aliphatic heterocycles. The first kappa shape index (κ1) is 15.3. The van der Waals surface area contributed by atoms with Crippen molar-refractivity contribution in [1.29, 1.82) is 0 Å². The summed E-state index contributed by atoms with van der Waals surface area (Å²) in [5.41, 5.74) is 1.97. The van der Waals surface area contributed by atoms with Gasteiger partial charge in [-0.05, 0) is 30.6 Å². The largest absolute Gasteiger partial charge is 0.497 e. The fraction of sp³-hybridized carbons (Fsp3) is 0.923. The summed E-state index contributed by atoms with van der Waals surface area (Å²) in [6, 6.07) is 0. The van der Waals surface area contributed by atoms with Gasteiger partial charge in [-0.25, -0.2) is 5.43 Å². The maximum Gasteiger partial charge on any atom is 0.497 e. The summed E-state index contributed by atoms with van der Waals surface area (Å²) >= 11 is 0. The number of nitrogens with zero attached hydrogens (tertiary/aromatic N) is 1. The Kier molecular flexibility index (Phi) is 5.05. The lowest BCUT2D eigenvalue weighted by atomic mass is 9.79. The first-order valence-corrected chi connectivity index (χ1v) is 6.58. The molecule has 0 aromatic heterocycles. The van der Waals surface area contributed by atoms with Crippen molar-refractivity contribution < 1.29 is 13.2 Å². The Balaban J connectivity index is 2.73. The molecular weight excluding hydrogens is 241 g/mol. The second-order valence-electron chi connectivity index (χ2n) is 6.29. The molecule has 0 aromatic carbocycles. The highest BCUT2D eigenvalue weighted by Crippen LogP contribution is 2.30. The van der Waals surface area contributed by atoms with Crippen molar-refractivity contribution in [2.75, 3.05) is 0 Å². The first-order valence-electron chi connectivity index (χ1n) is 6.58. The Bertz CT molecular complexity index is 284. The lowest BCUT2D eigenvalue weighted by Gasteiger charge is -2.28. The van der Waals surface area contributed by atoms with Gasteiger partial charge in [0.2, 0.25) is 0 Å². The monoisotopic (exact) mass is 264 g/mol.